The minimum absolute atomic E-state index is 0.233. The Bertz CT molecular complexity index is 955. The molecule has 25 heavy (non-hydrogen) atoms. The summed E-state index contributed by atoms with van der Waals surface area (Å²) in [5.74, 6) is 0.0908. The molecular weight excluding hydrogens is 408 g/mol. The average Bonchev–Trinajstić information content (AvgIpc) is 2.61. The summed E-state index contributed by atoms with van der Waals surface area (Å²) in [5.41, 5.74) is 0.305. The van der Waals surface area contributed by atoms with Crippen molar-refractivity contribution in [1.29, 1.82) is 0 Å². The van der Waals surface area contributed by atoms with Gasteiger partial charge >= 0.3 is 5.97 Å². The Labute approximate surface area is 157 Å². The van der Waals surface area contributed by atoms with Crippen LogP contribution in [0.25, 0.3) is 10.8 Å². The lowest BCUT2D eigenvalue weighted by molar-refractivity contribution is -0.136. The lowest BCUT2D eigenvalue weighted by atomic mass is 10.1. The predicted octanol–water partition coefficient (Wildman–Crippen LogP) is 5.05. The van der Waals surface area contributed by atoms with Crippen molar-refractivity contribution >= 4 is 50.6 Å². The smallest absolute Gasteiger partial charge is 0.349 e. The molecule has 0 saturated carbocycles. The van der Waals surface area contributed by atoms with Gasteiger partial charge in [0.25, 0.3) is 0 Å². The maximum Gasteiger partial charge on any atom is 0.349 e. The van der Waals surface area contributed by atoms with E-state index in [1.807, 2.05) is 18.2 Å². The molecule has 0 fully saturated rings. The van der Waals surface area contributed by atoms with Gasteiger partial charge in [-0.05, 0) is 45.6 Å². The first-order valence-electron chi connectivity index (χ1n) is 7.34. The van der Waals surface area contributed by atoms with Crippen LogP contribution in [0.2, 0.25) is 5.02 Å². The monoisotopic (exact) mass is 418 g/mol. The molecule has 0 aliphatic rings. The van der Waals surface area contributed by atoms with Crippen LogP contribution in [0, 0.1) is 0 Å². The van der Waals surface area contributed by atoms with E-state index in [0.29, 0.717) is 32.5 Å². The van der Waals surface area contributed by atoms with Gasteiger partial charge in [0.15, 0.2) is 12.9 Å². The van der Waals surface area contributed by atoms with Gasteiger partial charge in [-0.25, -0.2) is 4.79 Å². The number of aldehydes is 1. The first-order valence-corrected chi connectivity index (χ1v) is 8.51. The number of benzene rings is 3. The molecule has 0 spiro atoms. The zero-order chi connectivity index (χ0) is 17.8. The minimum atomic E-state index is -0.610. The zero-order valence-corrected chi connectivity index (χ0v) is 15.2. The molecule has 3 aromatic carbocycles. The molecule has 3 rings (SSSR count). The molecule has 4 nitrogen and oxygen atoms in total. The summed E-state index contributed by atoms with van der Waals surface area (Å²) in [6.45, 7) is -0.304. The Morgan fingerprint density at radius 1 is 1.12 bits per heavy atom. The van der Waals surface area contributed by atoms with Gasteiger partial charge in [-0.1, -0.05) is 41.9 Å². The van der Waals surface area contributed by atoms with Gasteiger partial charge in [-0.2, -0.15) is 0 Å². The van der Waals surface area contributed by atoms with Crippen molar-refractivity contribution in [2.24, 2.45) is 0 Å². The van der Waals surface area contributed by atoms with Crippen molar-refractivity contribution in [3.63, 3.8) is 0 Å². The maximum atomic E-state index is 12.2. The molecule has 126 valence electrons. The first-order chi connectivity index (χ1) is 12.1. The predicted molar refractivity (Wildman–Crippen MR) is 99.6 cm³/mol. The summed E-state index contributed by atoms with van der Waals surface area (Å²) in [7, 11) is 0. The van der Waals surface area contributed by atoms with E-state index in [0.717, 1.165) is 5.39 Å². The fourth-order valence-corrected chi connectivity index (χ4v) is 3.14. The highest BCUT2D eigenvalue weighted by molar-refractivity contribution is 9.10. The molecule has 3 aromatic rings. The maximum absolute atomic E-state index is 12.2. The van der Waals surface area contributed by atoms with Crippen LogP contribution >= 0.6 is 27.5 Å². The first kappa shape index (κ1) is 17.5. The highest BCUT2D eigenvalue weighted by Gasteiger charge is 2.14. The Hall–Kier alpha value is -2.37. The van der Waals surface area contributed by atoms with E-state index in [9.17, 15) is 9.59 Å². The van der Waals surface area contributed by atoms with Crippen LogP contribution in [0.5, 0.6) is 11.5 Å². The number of ether oxygens (including phenoxy) is 2. The third-order valence-corrected chi connectivity index (χ3v) is 4.35. The topological polar surface area (TPSA) is 52.6 Å². The number of hydrogen-bond acceptors (Lipinski definition) is 4. The molecule has 0 atom stereocenters. The van der Waals surface area contributed by atoms with Gasteiger partial charge in [0.05, 0.1) is 10.0 Å². The van der Waals surface area contributed by atoms with Crippen molar-refractivity contribution in [3.05, 3.63) is 69.7 Å². The molecule has 6 heteroatoms. The van der Waals surface area contributed by atoms with Gasteiger partial charge in [0.2, 0.25) is 0 Å². The summed E-state index contributed by atoms with van der Waals surface area (Å²) in [6.07, 6.45) is 0.658. The number of halogens is 2. The van der Waals surface area contributed by atoms with E-state index in [2.05, 4.69) is 15.9 Å². The molecule has 0 N–H and O–H groups in total. The van der Waals surface area contributed by atoms with Crippen LogP contribution in [-0.2, 0) is 4.79 Å². The Morgan fingerprint density at radius 3 is 2.68 bits per heavy atom. The molecule has 0 unspecified atom stereocenters. The van der Waals surface area contributed by atoms with Crippen LogP contribution in [-0.4, -0.2) is 18.9 Å². The lowest BCUT2D eigenvalue weighted by Gasteiger charge is -2.11. The van der Waals surface area contributed by atoms with Crippen molar-refractivity contribution in [2.75, 3.05) is 6.61 Å². The van der Waals surface area contributed by atoms with E-state index in [-0.39, 0.29) is 12.4 Å². The molecule has 0 amide bonds. The van der Waals surface area contributed by atoms with Crippen LogP contribution in [0.4, 0.5) is 0 Å². The normalized spacial score (nSPS) is 10.5. The number of hydrogen-bond donors (Lipinski definition) is 0. The van der Waals surface area contributed by atoms with Crippen molar-refractivity contribution in [1.82, 2.24) is 0 Å². The second-order valence-corrected chi connectivity index (χ2v) is 6.45. The second kappa shape index (κ2) is 7.68. The van der Waals surface area contributed by atoms with Gasteiger partial charge in [0, 0.05) is 10.4 Å². The van der Waals surface area contributed by atoms with Crippen molar-refractivity contribution < 1.29 is 19.1 Å². The van der Waals surface area contributed by atoms with E-state index in [1.165, 1.54) is 0 Å². The number of fused-ring (bicyclic) bond motifs is 1. The summed E-state index contributed by atoms with van der Waals surface area (Å²) in [4.78, 5) is 23.4. The fourth-order valence-electron chi connectivity index (χ4n) is 2.34. The largest absolute Gasteiger partial charge is 0.481 e. The number of carbonyl (C=O) groups is 2. The molecule has 0 heterocycles. The summed E-state index contributed by atoms with van der Waals surface area (Å²) < 4.78 is 11.5. The highest BCUT2D eigenvalue weighted by atomic mass is 79.9. The zero-order valence-electron chi connectivity index (χ0n) is 12.9. The van der Waals surface area contributed by atoms with Crippen LogP contribution < -0.4 is 9.47 Å². The number of carbonyl (C=O) groups excluding carboxylic acids is 2. The van der Waals surface area contributed by atoms with Crippen LogP contribution in [0.3, 0.4) is 0 Å². The Balaban J connectivity index is 1.79. The SMILES string of the molecule is O=Cc1ccc2ccccc2c1OC(=O)COc1ccc(Cl)cc1Br. The summed E-state index contributed by atoms with van der Waals surface area (Å²) in [6, 6.07) is 15.7. The molecule has 0 bridgehead atoms. The van der Waals surface area contributed by atoms with Gasteiger partial charge in [0.1, 0.15) is 11.5 Å². The quantitative estimate of drug-likeness (QED) is 0.330. The fraction of sp³-hybridized carbons (Fsp3) is 0.0526. The summed E-state index contributed by atoms with van der Waals surface area (Å²) in [5, 5.41) is 2.11. The van der Waals surface area contributed by atoms with E-state index in [4.69, 9.17) is 21.1 Å². The van der Waals surface area contributed by atoms with Crippen molar-refractivity contribution in [2.45, 2.75) is 0 Å². The molecule has 0 aliphatic carbocycles. The lowest BCUT2D eigenvalue weighted by Crippen LogP contribution is -2.18. The van der Waals surface area contributed by atoms with Crippen LogP contribution in [0.15, 0.2) is 59.1 Å². The molecular formula is C19H12BrClO4. The molecule has 0 aromatic heterocycles. The summed E-state index contributed by atoms with van der Waals surface area (Å²) >= 11 is 9.18. The van der Waals surface area contributed by atoms with Gasteiger partial charge in [-0.3, -0.25) is 4.79 Å². The van der Waals surface area contributed by atoms with E-state index in [1.54, 1.807) is 36.4 Å². The Kier molecular flexibility index (Phi) is 5.36. The standard InChI is InChI=1S/C19H12BrClO4/c20-16-9-14(21)7-8-17(16)24-11-18(23)25-19-13(10-22)6-5-12-3-1-2-4-15(12)19/h1-10H,11H2. The molecule has 0 radical (unpaired) electrons. The molecule has 0 aliphatic heterocycles. The second-order valence-electron chi connectivity index (χ2n) is 5.16. The van der Waals surface area contributed by atoms with E-state index < -0.39 is 5.97 Å². The Morgan fingerprint density at radius 2 is 1.92 bits per heavy atom. The number of esters is 1. The highest BCUT2D eigenvalue weighted by Crippen LogP contribution is 2.30. The van der Waals surface area contributed by atoms with Gasteiger partial charge in [-0.15, -0.1) is 0 Å². The van der Waals surface area contributed by atoms with Crippen molar-refractivity contribution in [3.8, 4) is 11.5 Å². The number of rotatable bonds is 5. The minimum Gasteiger partial charge on any atom is -0.481 e. The van der Waals surface area contributed by atoms with E-state index >= 15 is 0 Å². The third-order valence-electron chi connectivity index (χ3n) is 3.49. The third kappa shape index (κ3) is 4.00. The average molecular weight is 420 g/mol. The van der Waals surface area contributed by atoms with Crippen LogP contribution in [0.1, 0.15) is 10.4 Å². The molecule has 0 saturated heterocycles. The van der Waals surface area contributed by atoms with Gasteiger partial charge < -0.3 is 9.47 Å².